The van der Waals surface area contributed by atoms with Crippen molar-refractivity contribution in [2.24, 2.45) is 16.6 Å². The number of para-hydroxylation sites is 1. The topological polar surface area (TPSA) is 70.7 Å². The van der Waals surface area contributed by atoms with Crippen molar-refractivity contribution in [2.45, 2.75) is 20.3 Å². The number of benzene rings is 1. The summed E-state index contributed by atoms with van der Waals surface area (Å²) >= 11 is 0. The van der Waals surface area contributed by atoms with E-state index in [4.69, 9.17) is 5.73 Å². The molecule has 0 spiro atoms. The summed E-state index contributed by atoms with van der Waals surface area (Å²) in [6, 6.07) is 9.56. The summed E-state index contributed by atoms with van der Waals surface area (Å²) in [5.74, 6) is 0.912. The summed E-state index contributed by atoms with van der Waals surface area (Å²) in [5.41, 5.74) is 6.60. The molecule has 0 aliphatic rings. The van der Waals surface area contributed by atoms with Gasteiger partial charge in [-0.25, -0.2) is 0 Å². The number of amides is 1. The first-order valence-corrected chi connectivity index (χ1v) is 6.86. The van der Waals surface area contributed by atoms with Crippen LogP contribution in [0.2, 0.25) is 0 Å². The van der Waals surface area contributed by atoms with E-state index in [-0.39, 0.29) is 5.91 Å². The van der Waals surface area contributed by atoms with Gasteiger partial charge in [0.2, 0.25) is 5.91 Å². The molecule has 5 heteroatoms. The number of nitrogens with two attached hydrogens (primary N) is 1. The number of guanidine groups is 1. The molecule has 0 aliphatic heterocycles. The third-order valence-corrected chi connectivity index (χ3v) is 2.79. The van der Waals surface area contributed by atoms with Crippen molar-refractivity contribution in [1.82, 2.24) is 5.32 Å². The second-order valence-corrected chi connectivity index (χ2v) is 5.08. The van der Waals surface area contributed by atoms with Crippen LogP contribution in [0.1, 0.15) is 20.3 Å². The molecule has 0 unspecified atom stereocenters. The summed E-state index contributed by atoms with van der Waals surface area (Å²) in [6.45, 7) is 5.34. The van der Waals surface area contributed by atoms with Gasteiger partial charge in [0.1, 0.15) is 0 Å². The number of nitrogens with zero attached hydrogens (tertiary/aromatic N) is 2. The number of nitrogens with one attached hydrogen (secondary N) is 1. The minimum absolute atomic E-state index is 0.0420. The first kappa shape index (κ1) is 16.0. The van der Waals surface area contributed by atoms with E-state index in [1.54, 1.807) is 11.9 Å². The Hall–Kier alpha value is -2.04. The van der Waals surface area contributed by atoms with E-state index in [2.05, 4.69) is 24.2 Å². The van der Waals surface area contributed by atoms with Crippen LogP contribution in [-0.2, 0) is 4.79 Å². The van der Waals surface area contributed by atoms with Crippen LogP contribution in [-0.4, -0.2) is 32.0 Å². The van der Waals surface area contributed by atoms with Crippen molar-refractivity contribution in [3.05, 3.63) is 30.3 Å². The Labute approximate surface area is 120 Å². The van der Waals surface area contributed by atoms with Gasteiger partial charge in [-0.15, -0.1) is 0 Å². The van der Waals surface area contributed by atoms with E-state index in [0.29, 0.717) is 31.4 Å². The molecule has 0 heterocycles. The predicted molar refractivity (Wildman–Crippen MR) is 83.8 cm³/mol. The zero-order chi connectivity index (χ0) is 15.0. The third-order valence-electron chi connectivity index (χ3n) is 2.79. The van der Waals surface area contributed by atoms with Crippen molar-refractivity contribution in [2.75, 3.05) is 25.0 Å². The van der Waals surface area contributed by atoms with Gasteiger partial charge < -0.3 is 16.0 Å². The highest BCUT2D eigenvalue weighted by Crippen LogP contribution is 2.11. The van der Waals surface area contributed by atoms with Gasteiger partial charge in [-0.2, -0.15) is 0 Å². The molecule has 1 aromatic carbocycles. The fraction of sp³-hybridized carbons (Fsp3) is 0.467. The molecule has 20 heavy (non-hydrogen) atoms. The lowest BCUT2D eigenvalue weighted by Crippen LogP contribution is -2.36. The van der Waals surface area contributed by atoms with Crippen molar-refractivity contribution in [1.29, 1.82) is 0 Å². The average molecular weight is 276 g/mol. The van der Waals surface area contributed by atoms with Gasteiger partial charge in [-0.3, -0.25) is 9.79 Å². The third kappa shape index (κ3) is 5.73. The Bertz CT molecular complexity index is 442. The molecule has 3 N–H and O–H groups in total. The molecule has 0 saturated carbocycles. The van der Waals surface area contributed by atoms with Crippen molar-refractivity contribution < 1.29 is 4.79 Å². The Morgan fingerprint density at radius 3 is 2.60 bits per heavy atom. The highest BCUT2D eigenvalue weighted by molar-refractivity contribution is 5.93. The van der Waals surface area contributed by atoms with Gasteiger partial charge >= 0.3 is 0 Å². The van der Waals surface area contributed by atoms with Gasteiger partial charge in [-0.05, 0) is 18.1 Å². The monoisotopic (exact) mass is 276 g/mol. The predicted octanol–water partition coefficient (Wildman–Crippen LogP) is 1.60. The maximum atomic E-state index is 12.0. The lowest BCUT2D eigenvalue weighted by Gasteiger charge is -2.17. The van der Waals surface area contributed by atoms with Gasteiger partial charge in [-0.1, -0.05) is 32.0 Å². The van der Waals surface area contributed by atoms with Crippen LogP contribution in [0.15, 0.2) is 35.3 Å². The van der Waals surface area contributed by atoms with E-state index < -0.39 is 0 Å². The summed E-state index contributed by atoms with van der Waals surface area (Å²) in [6.07, 6.45) is 0.378. The van der Waals surface area contributed by atoms with Crippen LogP contribution in [0.3, 0.4) is 0 Å². The Morgan fingerprint density at radius 1 is 1.35 bits per heavy atom. The largest absolute Gasteiger partial charge is 0.370 e. The number of hydrogen-bond acceptors (Lipinski definition) is 2. The van der Waals surface area contributed by atoms with Gasteiger partial charge in [0.05, 0.1) is 0 Å². The van der Waals surface area contributed by atoms with Crippen LogP contribution in [0.25, 0.3) is 0 Å². The maximum Gasteiger partial charge on any atom is 0.228 e. The number of carbonyl (C=O) groups is 1. The molecule has 0 atom stereocenters. The molecule has 5 nitrogen and oxygen atoms in total. The number of aliphatic imine (C=N–C) groups is 1. The van der Waals surface area contributed by atoms with Crippen LogP contribution in [0, 0.1) is 5.92 Å². The fourth-order valence-corrected chi connectivity index (χ4v) is 1.60. The van der Waals surface area contributed by atoms with E-state index in [9.17, 15) is 4.79 Å². The molecular formula is C15H24N4O. The first-order valence-electron chi connectivity index (χ1n) is 6.86. The van der Waals surface area contributed by atoms with Gasteiger partial charge in [0, 0.05) is 32.2 Å². The molecular weight excluding hydrogens is 252 g/mol. The minimum Gasteiger partial charge on any atom is -0.370 e. The van der Waals surface area contributed by atoms with Crippen LogP contribution in [0.4, 0.5) is 5.69 Å². The Kier molecular flexibility index (Phi) is 6.56. The number of anilines is 1. The number of hydrogen-bond donors (Lipinski definition) is 2. The van der Waals surface area contributed by atoms with E-state index in [1.165, 1.54) is 0 Å². The number of rotatable bonds is 6. The zero-order valence-corrected chi connectivity index (χ0v) is 12.5. The minimum atomic E-state index is 0.0420. The summed E-state index contributed by atoms with van der Waals surface area (Å²) in [4.78, 5) is 17.8. The molecule has 1 aromatic rings. The summed E-state index contributed by atoms with van der Waals surface area (Å²) in [5, 5.41) is 2.96. The number of carbonyl (C=O) groups excluding carboxylic acids is 1. The first-order chi connectivity index (χ1) is 9.50. The van der Waals surface area contributed by atoms with E-state index >= 15 is 0 Å². The molecule has 1 amide bonds. The molecule has 0 aromatic heterocycles. The lowest BCUT2D eigenvalue weighted by atomic mass is 10.2. The molecule has 0 fully saturated rings. The van der Waals surface area contributed by atoms with Crippen molar-refractivity contribution in [3.8, 4) is 0 Å². The highest BCUT2D eigenvalue weighted by atomic mass is 16.2. The molecule has 0 saturated heterocycles. The Balaban J connectivity index is 2.35. The SMILES string of the molecule is CC(C)CN=C(N)NCCC(=O)N(C)c1ccccc1. The Morgan fingerprint density at radius 2 is 2.00 bits per heavy atom. The molecule has 110 valence electrons. The fourth-order valence-electron chi connectivity index (χ4n) is 1.60. The smallest absolute Gasteiger partial charge is 0.228 e. The average Bonchev–Trinajstić information content (AvgIpc) is 2.45. The van der Waals surface area contributed by atoms with Gasteiger partial charge in [0.15, 0.2) is 5.96 Å². The van der Waals surface area contributed by atoms with E-state index in [0.717, 1.165) is 5.69 Å². The van der Waals surface area contributed by atoms with Crippen LogP contribution in [0.5, 0.6) is 0 Å². The second kappa shape index (κ2) is 8.19. The normalized spacial score (nSPS) is 11.5. The molecule has 0 radical (unpaired) electrons. The molecule has 0 aliphatic carbocycles. The molecule has 1 rings (SSSR count). The summed E-state index contributed by atoms with van der Waals surface area (Å²) in [7, 11) is 1.77. The lowest BCUT2D eigenvalue weighted by molar-refractivity contribution is -0.118. The molecule has 0 bridgehead atoms. The second-order valence-electron chi connectivity index (χ2n) is 5.08. The maximum absolute atomic E-state index is 12.0. The quantitative estimate of drug-likeness (QED) is 0.612. The van der Waals surface area contributed by atoms with Crippen molar-refractivity contribution in [3.63, 3.8) is 0 Å². The van der Waals surface area contributed by atoms with Crippen molar-refractivity contribution >= 4 is 17.6 Å². The van der Waals surface area contributed by atoms with Crippen LogP contribution >= 0.6 is 0 Å². The standard InChI is InChI=1S/C15H24N4O/c1-12(2)11-18-15(16)17-10-9-14(20)19(3)13-7-5-4-6-8-13/h4-8,12H,9-11H2,1-3H3,(H3,16,17,18). The zero-order valence-electron chi connectivity index (χ0n) is 12.5. The van der Waals surface area contributed by atoms with Gasteiger partial charge in [0.25, 0.3) is 0 Å². The summed E-state index contributed by atoms with van der Waals surface area (Å²) < 4.78 is 0. The highest BCUT2D eigenvalue weighted by Gasteiger charge is 2.09. The van der Waals surface area contributed by atoms with E-state index in [1.807, 2.05) is 30.3 Å². The van der Waals surface area contributed by atoms with Crippen LogP contribution < -0.4 is 16.0 Å².